The van der Waals surface area contributed by atoms with Crippen LogP contribution in [0.5, 0.6) is 0 Å². The maximum Gasteiger partial charge on any atom is 0.323 e. The standard InChI is InChI=1S/C24H24N4O3S2/c1-17-7-6-16-25-23(17)21-14-15-22(32-21)33(30,31)28(2)20-12-10-19(11-13-20)27-24(29)26-18-8-4-3-5-9-18/h3-14,16,22H,15H2,1-2H3,(H2,26,27,29). The largest absolute Gasteiger partial charge is 0.323 e. The van der Waals surface area contributed by atoms with E-state index in [2.05, 4.69) is 15.6 Å². The normalized spacial score (nSPS) is 15.6. The van der Waals surface area contributed by atoms with Gasteiger partial charge in [-0.2, -0.15) is 0 Å². The molecule has 2 aromatic carbocycles. The second kappa shape index (κ2) is 9.68. The summed E-state index contributed by atoms with van der Waals surface area (Å²) in [7, 11) is -2.06. The van der Waals surface area contributed by atoms with Gasteiger partial charge in [-0.3, -0.25) is 9.29 Å². The van der Waals surface area contributed by atoms with Crippen LogP contribution in [0.3, 0.4) is 0 Å². The molecular formula is C24H24N4O3S2. The lowest BCUT2D eigenvalue weighted by molar-refractivity contribution is 0.262. The summed E-state index contributed by atoms with van der Waals surface area (Å²) in [6.45, 7) is 1.97. The Kier molecular flexibility index (Phi) is 6.71. The van der Waals surface area contributed by atoms with E-state index >= 15 is 0 Å². The fourth-order valence-electron chi connectivity index (χ4n) is 3.41. The number of nitrogens with one attached hydrogen (secondary N) is 2. The predicted octanol–water partition coefficient (Wildman–Crippen LogP) is 5.30. The molecule has 2 heterocycles. The summed E-state index contributed by atoms with van der Waals surface area (Å²) in [6.07, 6.45) is 4.07. The highest BCUT2D eigenvalue weighted by Gasteiger charge is 2.35. The zero-order chi connectivity index (χ0) is 23.4. The Morgan fingerprint density at radius 2 is 1.67 bits per heavy atom. The molecule has 33 heavy (non-hydrogen) atoms. The number of pyridine rings is 1. The van der Waals surface area contributed by atoms with Crippen molar-refractivity contribution in [2.24, 2.45) is 0 Å². The first kappa shape index (κ1) is 22.9. The number of urea groups is 1. The minimum absolute atomic E-state index is 0.374. The highest BCUT2D eigenvalue weighted by Crippen LogP contribution is 2.43. The van der Waals surface area contributed by atoms with Crippen molar-refractivity contribution in [1.82, 2.24) is 4.98 Å². The number of benzene rings is 2. The maximum absolute atomic E-state index is 13.2. The van der Waals surface area contributed by atoms with Gasteiger partial charge in [0.2, 0.25) is 10.0 Å². The number of hydrogen-bond acceptors (Lipinski definition) is 5. The highest BCUT2D eigenvalue weighted by molar-refractivity contribution is 8.19. The van der Waals surface area contributed by atoms with Crippen LogP contribution in [0.25, 0.3) is 4.91 Å². The lowest BCUT2D eigenvalue weighted by atomic mass is 10.2. The van der Waals surface area contributed by atoms with Crippen molar-refractivity contribution in [3.8, 4) is 0 Å². The van der Waals surface area contributed by atoms with Crippen LogP contribution in [0.2, 0.25) is 0 Å². The van der Waals surface area contributed by atoms with Gasteiger partial charge < -0.3 is 10.6 Å². The predicted molar refractivity (Wildman–Crippen MR) is 136 cm³/mol. The summed E-state index contributed by atoms with van der Waals surface area (Å²) in [5, 5.41) is 5.48. The van der Waals surface area contributed by atoms with Crippen LogP contribution in [-0.2, 0) is 10.0 Å². The molecule has 1 aliphatic rings. The Morgan fingerprint density at radius 1 is 1.00 bits per heavy atom. The molecular weight excluding hydrogens is 456 g/mol. The van der Waals surface area contributed by atoms with E-state index in [-0.39, 0.29) is 6.03 Å². The molecule has 2 amide bonds. The van der Waals surface area contributed by atoms with Crippen molar-refractivity contribution in [1.29, 1.82) is 0 Å². The second-order valence-corrected chi connectivity index (χ2v) is 11.2. The second-order valence-electron chi connectivity index (χ2n) is 7.52. The number of rotatable bonds is 6. The summed E-state index contributed by atoms with van der Waals surface area (Å²) < 4.78 is 27.1. The van der Waals surface area contributed by atoms with Crippen molar-refractivity contribution < 1.29 is 13.2 Å². The summed E-state index contributed by atoms with van der Waals surface area (Å²) in [5.41, 5.74) is 3.60. The van der Waals surface area contributed by atoms with Gasteiger partial charge in [0.05, 0.1) is 11.4 Å². The van der Waals surface area contributed by atoms with Crippen LogP contribution in [0.1, 0.15) is 17.7 Å². The van der Waals surface area contributed by atoms with E-state index in [1.54, 1.807) is 49.6 Å². The number of para-hydroxylation sites is 1. The average molecular weight is 481 g/mol. The van der Waals surface area contributed by atoms with Crippen molar-refractivity contribution >= 4 is 49.8 Å². The Morgan fingerprint density at radius 3 is 2.33 bits per heavy atom. The lowest BCUT2D eigenvalue weighted by Gasteiger charge is -2.23. The molecule has 2 N–H and O–H groups in total. The number of allylic oxidation sites excluding steroid dienone is 1. The summed E-state index contributed by atoms with van der Waals surface area (Å²) >= 11 is 1.32. The van der Waals surface area contributed by atoms with Crippen LogP contribution < -0.4 is 14.9 Å². The summed E-state index contributed by atoms with van der Waals surface area (Å²) in [5.74, 6) is 0. The molecule has 0 saturated carbocycles. The molecule has 0 bridgehead atoms. The Balaban J connectivity index is 1.40. The zero-order valence-corrected chi connectivity index (χ0v) is 19.9. The van der Waals surface area contributed by atoms with Gasteiger partial charge in [0.1, 0.15) is 4.58 Å². The zero-order valence-electron chi connectivity index (χ0n) is 18.2. The molecule has 0 radical (unpaired) electrons. The third kappa shape index (κ3) is 5.20. The van der Waals surface area contributed by atoms with E-state index in [0.717, 1.165) is 16.2 Å². The Hall–Kier alpha value is -3.30. The lowest BCUT2D eigenvalue weighted by Crippen LogP contribution is -2.33. The van der Waals surface area contributed by atoms with Gasteiger partial charge in [-0.25, -0.2) is 13.2 Å². The first-order valence-electron chi connectivity index (χ1n) is 10.3. The highest BCUT2D eigenvalue weighted by atomic mass is 32.3. The molecule has 0 aliphatic carbocycles. The number of carbonyl (C=O) groups excluding carboxylic acids is 1. The molecule has 1 atom stereocenters. The molecule has 3 aromatic rings. The maximum atomic E-state index is 13.2. The van der Waals surface area contributed by atoms with Crippen LogP contribution in [-0.4, -0.2) is 31.1 Å². The smallest absolute Gasteiger partial charge is 0.308 e. The number of thioether (sulfide) groups is 1. The van der Waals surface area contributed by atoms with Gasteiger partial charge >= 0.3 is 6.03 Å². The van der Waals surface area contributed by atoms with E-state index in [4.69, 9.17) is 0 Å². The monoisotopic (exact) mass is 480 g/mol. The van der Waals surface area contributed by atoms with Crippen LogP contribution in [0.15, 0.2) is 79.0 Å². The van der Waals surface area contributed by atoms with Gasteiger partial charge in [0, 0.05) is 29.5 Å². The number of aromatic nitrogens is 1. The van der Waals surface area contributed by atoms with Gasteiger partial charge in [0.25, 0.3) is 0 Å². The molecule has 0 saturated heterocycles. The molecule has 170 valence electrons. The molecule has 1 aromatic heterocycles. The molecule has 7 nitrogen and oxygen atoms in total. The average Bonchev–Trinajstić information content (AvgIpc) is 3.31. The number of nitrogens with zero attached hydrogens (tertiary/aromatic N) is 2. The number of amides is 2. The topological polar surface area (TPSA) is 91.4 Å². The molecule has 9 heteroatoms. The van der Waals surface area contributed by atoms with Crippen molar-refractivity contribution in [2.45, 2.75) is 17.9 Å². The quantitative estimate of drug-likeness (QED) is 0.499. The van der Waals surface area contributed by atoms with Gasteiger partial charge in [-0.15, -0.1) is 11.8 Å². The van der Waals surface area contributed by atoms with Crippen molar-refractivity contribution in [2.75, 3.05) is 22.0 Å². The number of carbonyl (C=O) groups is 1. The molecule has 1 aliphatic heterocycles. The van der Waals surface area contributed by atoms with Crippen LogP contribution in [0.4, 0.5) is 21.9 Å². The molecule has 4 rings (SSSR count). The minimum Gasteiger partial charge on any atom is -0.308 e. The third-order valence-electron chi connectivity index (χ3n) is 5.23. The number of aryl methyl sites for hydroxylation is 1. The van der Waals surface area contributed by atoms with E-state index in [0.29, 0.717) is 23.5 Å². The van der Waals surface area contributed by atoms with Gasteiger partial charge in [0.15, 0.2) is 0 Å². The molecule has 1 unspecified atom stereocenters. The minimum atomic E-state index is -3.61. The molecule has 0 fully saturated rings. The van der Waals surface area contributed by atoms with Crippen molar-refractivity contribution in [3.63, 3.8) is 0 Å². The van der Waals surface area contributed by atoms with E-state index < -0.39 is 14.6 Å². The first-order valence-corrected chi connectivity index (χ1v) is 12.7. The fourth-order valence-corrected chi connectivity index (χ4v) is 6.70. The SMILES string of the molecule is Cc1cccnc1C1=CCC(S(=O)(=O)N(C)c2ccc(NC(=O)Nc3ccccc3)cc2)S1. The number of anilines is 3. The van der Waals surface area contributed by atoms with E-state index in [9.17, 15) is 13.2 Å². The molecule has 0 spiro atoms. The number of hydrogen-bond donors (Lipinski definition) is 2. The van der Waals surface area contributed by atoms with Crippen LogP contribution in [0, 0.1) is 6.92 Å². The van der Waals surface area contributed by atoms with E-state index in [1.165, 1.54) is 16.1 Å². The summed E-state index contributed by atoms with van der Waals surface area (Å²) in [6, 6.07) is 19.3. The summed E-state index contributed by atoms with van der Waals surface area (Å²) in [4.78, 5) is 17.5. The van der Waals surface area contributed by atoms with Gasteiger partial charge in [-0.05, 0) is 61.4 Å². The number of sulfonamides is 1. The first-order chi connectivity index (χ1) is 15.8. The van der Waals surface area contributed by atoms with Gasteiger partial charge in [-0.1, -0.05) is 30.3 Å². The van der Waals surface area contributed by atoms with E-state index in [1.807, 2.05) is 43.3 Å². The van der Waals surface area contributed by atoms with Crippen molar-refractivity contribution in [3.05, 3.63) is 90.3 Å². The Bertz CT molecular complexity index is 1280. The third-order valence-corrected chi connectivity index (χ3v) is 9.15. The fraction of sp³-hybridized carbons (Fsp3) is 0.167. The Labute approximate surface area is 198 Å². The van der Waals surface area contributed by atoms with Crippen LogP contribution >= 0.6 is 11.8 Å².